The van der Waals surface area contributed by atoms with Crippen LogP contribution in [-0.2, 0) is 7.87 Å². The van der Waals surface area contributed by atoms with E-state index in [4.69, 9.17) is 3.07 Å². The van der Waals surface area contributed by atoms with Crippen molar-refractivity contribution < 1.29 is 7.87 Å². The molecule has 0 unspecified atom stereocenters. The third kappa shape index (κ3) is 4.47. The molecule has 0 amide bonds. The molecule has 3 rings (SSSR count). The molecule has 0 heterocycles. The zero-order valence-corrected chi connectivity index (χ0v) is 19.2. The van der Waals surface area contributed by atoms with E-state index in [2.05, 4.69) is 6.58 Å². The summed E-state index contributed by atoms with van der Waals surface area (Å²) >= 11 is -3.12. The van der Waals surface area contributed by atoms with Gasteiger partial charge in [-0.3, -0.25) is 0 Å². The van der Waals surface area contributed by atoms with E-state index in [0.717, 1.165) is 11.8 Å². The van der Waals surface area contributed by atoms with Gasteiger partial charge in [0.2, 0.25) is 0 Å². The summed E-state index contributed by atoms with van der Waals surface area (Å²) in [6, 6.07) is 0. The molecule has 3 saturated carbocycles. The molecule has 0 aromatic heterocycles. The number of rotatable bonds is 5. The standard InChI is InChI=1S/3C6H11.C4H6O2.Sn/c3*1-2-4-6-5-3-1;1-3(2)4(5)6;/h3*1H,2-6H2;1H2,2H3,(H,5,6);/q;;;;+1/p-1. The van der Waals surface area contributed by atoms with Crippen LogP contribution in [0.5, 0.6) is 0 Å². The van der Waals surface area contributed by atoms with Crippen LogP contribution in [0.25, 0.3) is 0 Å². The normalized spacial score (nSPS) is 24.8. The van der Waals surface area contributed by atoms with E-state index in [1.54, 1.807) is 0 Å². The SMILES string of the molecule is C=C(C)C(=O)[O][Sn]([CH]1CCCCC1)([CH]1CCCCC1)[CH]1CCCCC1. The van der Waals surface area contributed by atoms with Gasteiger partial charge < -0.3 is 0 Å². The fraction of sp³-hybridized carbons (Fsp3) is 0.864. The van der Waals surface area contributed by atoms with E-state index in [0.29, 0.717) is 5.57 Å². The van der Waals surface area contributed by atoms with E-state index >= 15 is 0 Å². The van der Waals surface area contributed by atoms with Gasteiger partial charge in [-0.05, 0) is 0 Å². The van der Waals surface area contributed by atoms with E-state index in [1.807, 2.05) is 6.92 Å². The molecule has 2 nitrogen and oxygen atoms in total. The van der Waals surface area contributed by atoms with Crippen LogP contribution in [0.3, 0.4) is 0 Å². The van der Waals surface area contributed by atoms with Crippen molar-refractivity contribution in [2.75, 3.05) is 0 Å². The molecule has 3 fully saturated rings. The van der Waals surface area contributed by atoms with Gasteiger partial charge in [0.15, 0.2) is 0 Å². The predicted molar refractivity (Wildman–Crippen MR) is 107 cm³/mol. The first-order valence-corrected chi connectivity index (χ1v) is 17.1. The van der Waals surface area contributed by atoms with Gasteiger partial charge in [-0.15, -0.1) is 0 Å². The van der Waals surface area contributed by atoms with Gasteiger partial charge >= 0.3 is 160 Å². The molecule has 0 aromatic rings. The quantitative estimate of drug-likeness (QED) is 0.329. The minimum atomic E-state index is -3.12. The Morgan fingerprint density at radius 3 is 1.32 bits per heavy atom. The van der Waals surface area contributed by atoms with Crippen molar-refractivity contribution in [1.82, 2.24) is 0 Å². The van der Waals surface area contributed by atoms with Crippen molar-refractivity contribution in [2.45, 2.75) is 115 Å². The zero-order chi connectivity index (χ0) is 17.7. The van der Waals surface area contributed by atoms with Gasteiger partial charge in [0.05, 0.1) is 0 Å². The van der Waals surface area contributed by atoms with Gasteiger partial charge in [-0.25, -0.2) is 0 Å². The Kier molecular flexibility index (Phi) is 7.34. The summed E-state index contributed by atoms with van der Waals surface area (Å²) < 4.78 is 9.16. The van der Waals surface area contributed by atoms with Crippen LogP contribution in [0, 0.1) is 0 Å². The van der Waals surface area contributed by atoms with Crippen molar-refractivity contribution in [3.8, 4) is 0 Å². The molecule has 142 valence electrons. The monoisotopic (exact) mass is 454 g/mol. The van der Waals surface area contributed by atoms with Crippen LogP contribution in [0.15, 0.2) is 12.2 Å². The molecule has 3 heteroatoms. The Bertz CT molecular complexity index is 409. The molecule has 0 aliphatic heterocycles. The molecule has 3 aliphatic carbocycles. The first-order valence-electron chi connectivity index (χ1n) is 11.0. The molecule has 0 bridgehead atoms. The molecule has 0 saturated heterocycles. The average molecular weight is 453 g/mol. The summed E-state index contributed by atoms with van der Waals surface area (Å²) in [6.45, 7) is 5.78. The zero-order valence-electron chi connectivity index (χ0n) is 16.4. The van der Waals surface area contributed by atoms with Gasteiger partial charge in [0.1, 0.15) is 0 Å². The van der Waals surface area contributed by atoms with Crippen LogP contribution >= 0.6 is 0 Å². The molecular formula is C22H38O2Sn. The van der Waals surface area contributed by atoms with Gasteiger partial charge in [-0.2, -0.15) is 0 Å². The van der Waals surface area contributed by atoms with Crippen LogP contribution in [0.4, 0.5) is 0 Å². The van der Waals surface area contributed by atoms with Crippen LogP contribution in [-0.4, -0.2) is 24.8 Å². The van der Waals surface area contributed by atoms with E-state index in [-0.39, 0.29) is 5.97 Å². The molecule has 3 aliphatic rings. The summed E-state index contributed by atoms with van der Waals surface area (Å²) in [6.07, 6.45) is 20.5. The summed E-state index contributed by atoms with van der Waals surface area (Å²) in [5.41, 5.74) is 0.628. The summed E-state index contributed by atoms with van der Waals surface area (Å²) in [7, 11) is 0. The molecule has 0 radical (unpaired) electrons. The van der Waals surface area contributed by atoms with Crippen LogP contribution in [0.1, 0.15) is 103 Å². The third-order valence-electron chi connectivity index (χ3n) is 7.35. The molecule has 0 spiro atoms. The van der Waals surface area contributed by atoms with Gasteiger partial charge in [0, 0.05) is 0 Å². The second-order valence-corrected chi connectivity index (χ2v) is 21.5. The summed E-state index contributed by atoms with van der Waals surface area (Å²) in [5.74, 6) is -0.0301. The molecule has 0 N–H and O–H groups in total. The van der Waals surface area contributed by atoms with E-state index in [9.17, 15) is 4.79 Å². The van der Waals surface area contributed by atoms with Crippen LogP contribution in [0.2, 0.25) is 11.8 Å². The predicted octanol–water partition coefficient (Wildman–Crippen LogP) is 7.05. The van der Waals surface area contributed by atoms with Crippen LogP contribution < -0.4 is 0 Å². The van der Waals surface area contributed by atoms with Crippen molar-refractivity contribution in [1.29, 1.82) is 0 Å². The Morgan fingerprint density at radius 2 is 1.04 bits per heavy atom. The Hall–Kier alpha value is 0.00870. The Balaban J connectivity index is 1.96. The topological polar surface area (TPSA) is 26.3 Å². The summed E-state index contributed by atoms with van der Waals surface area (Å²) in [5, 5.41) is 0. The van der Waals surface area contributed by atoms with Crippen molar-refractivity contribution in [3.63, 3.8) is 0 Å². The first-order chi connectivity index (χ1) is 12.1. The molecular weight excluding hydrogens is 415 g/mol. The van der Waals surface area contributed by atoms with Crippen molar-refractivity contribution in [3.05, 3.63) is 12.2 Å². The Morgan fingerprint density at radius 1 is 0.720 bits per heavy atom. The van der Waals surface area contributed by atoms with Crippen molar-refractivity contribution >= 4 is 24.8 Å². The maximum absolute atomic E-state index is 12.8. The molecule has 25 heavy (non-hydrogen) atoms. The molecule has 0 aromatic carbocycles. The van der Waals surface area contributed by atoms with Crippen molar-refractivity contribution in [2.24, 2.45) is 0 Å². The van der Waals surface area contributed by atoms with E-state index < -0.39 is 18.8 Å². The van der Waals surface area contributed by atoms with E-state index in [1.165, 1.54) is 96.3 Å². The number of hydrogen-bond donors (Lipinski definition) is 0. The van der Waals surface area contributed by atoms with Gasteiger partial charge in [0.25, 0.3) is 0 Å². The molecule has 0 atom stereocenters. The second kappa shape index (κ2) is 9.28. The average Bonchev–Trinajstić information content (AvgIpc) is 2.68. The number of hydrogen-bond acceptors (Lipinski definition) is 2. The first kappa shape index (κ1) is 19.8. The fourth-order valence-electron chi connectivity index (χ4n) is 6.16. The fourth-order valence-corrected chi connectivity index (χ4v) is 25.9. The van der Waals surface area contributed by atoms with Gasteiger partial charge in [-0.1, -0.05) is 0 Å². The number of carbonyl (C=O) groups excluding carboxylic acids is 1. The minimum absolute atomic E-state index is 0.0301. The number of carbonyl (C=O) groups is 1. The third-order valence-corrected chi connectivity index (χ3v) is 24.8. The maximum atomic E-state index is 12.8. The second-order valence-electron chi connectivity index (χ2n) is 9.03. The Labute approximate surface area is 159 Å². The summed E-state index contributed by atoms with van der Waals surface area (Å²) in [4.78, 5) is 12.8.